The Morgan fingerprint density at radius 3 is 2.45 bits per heavy atom. The highest BCUT2D eigenvalue weighted by Gasteiger charge is 2.09. The van der Waals surface area contributed by atoms with Gasteiger partial charge in [-0.2, -0.15) is 0 Å². The van der Waals surface area contributed by atoms with Crippen molar-refractivity contribution in [1.82, 2.24) is 10.6 Å². The quantitative estimate of drug-likeness (QED) is 0.562. The number of aliphatic hydroxyl groups is 1. The summed E-state index contributed by atoms with van der Waals surface area (Å²) in [5, 5.41) is 23.1. The van der Waals surface area contributed by atoms with Crippen molar-refractivity contribution in [3.05, 3.63) is 35.6 Å². The number of halogens is 1. The van der Waals surface area contributed by atoms with Gasteiger partial charge in [0, 0.05) is 19.5 Å². The van der Waals surface area contributed by atoms with Crippen LogP contribution >= 0.6 is 0 Å². The Kier molecular flexibility index (Phi) is 6.45. The molecule has 0 saturated heterocycles. The Hall–Kier alpha value is -2.15. The molecular formula is C13H17FN2O4. The summed E-state index contributed by atoms with van der Waals surface area (Å²) in [7, 11) is 0. The van der Waals surface area contributed by atoms with E-state index in [4.69, 9.17) is 5.11 Å². The van der Waals surface area contributed by atoms with Crippen LogP contribution in [0.25, 0.3) is 0 Å². The third-order valence-corrected chi connectivity index (χ3v) is 2.56. The molecule has 6 nitrogen and oxygen atoms in total. The van der Waals surface area contributed by atoms with Crippen molar-refractivity contribution in [2.45, 2.75) is 18.9 Å². The molecule has 1 aromatic rings. The standard InChI is InChI=1S/C13H17FN2O4/c14-10-5-3-9(4-6-10)11(17)8-16-13(20)15-7-1-2-12(18)19/h3-6,11,17H,1-2,7-8H2,(H,18,19)(H2,15,16,20)/t11-/m1/s1. The molecule has 0 bridgehead atoms. The average Bonchev–Trinajstić information content (AvgIpc) is 2.41. The Morgan fingerprint density at radius 2 is 1.85 bits per heavy atom. The second kappa shape index (κ2) is 8.11. The molecule has 0 aliphatic rings. The summed E-state index contributed by atoms with van der Waals surface area (Å²) in [6, 6.07) is 4.84. The molecule has 2 amide bonds. The Balaban J connectivity index is 2.23. The second-order valence-corrected chi connectivity index (χ2v) is 4.20. The molecule has 0 aliphatic carbocycles. The third-order valence-electron chi connectivity index (χ3n) is 2.56. The van der Waals surface area contributed by atoms with Crippen LogP contribution in [-0.4, -0.2) is 35.3 Å². The number of aliphatic carboxylic acids is 1. The Morgan fingerprint density at radius 1 is 1.20 bits per heavy atom. The van der Waals surface area contributed by atoms with Gasteiger partial charge in [0.2, 0.25) is 0 Å². The van der Waals surface area contributed by atoms with Gasteiger partial charge in [-0.15, -0.1) is 0 Å². The van der Waals surface area contributed by atoms with Crippen LogP contribution in [-0.2, 0) is 4.79 Å². The number of nitrogens with one attached hydrogen (secondary N) is 2. The molecule has 1 aromatic carbocycles. The van der Waals surface area contributed by atoms with Crippen LogP contribution in [0, 0.1) is 5.82 Å². The predicted molar refractivity (Wildman–Crippen MR) is 69.6 cm³/mol. The summed E-state index contributed by atoms with van der Waals surface area (Å²) < 4.78 is 12.7. The molecule has 0 radical (unpaired) electrons. The lowest BCUT2D eigenvalue weighted by Crippen LogP contribution is -2.38. The zero-order valence-electron chi connectivity index (χ0n) is 10.8. The highest BCUT2D eigenvalue weighted by atomic mass is 19.1. The maximum Gasteiger partial charge on any atom is 0.314 e. The summed E-state index contributed by atoms with van der Waals surface area (Å²) in [5.41, 5.74) is 0.498. The summed E-state index contributed by atoms with van der Waals surface area (Å²) in [4.78, 5) is 21.6. The van der Waals surface area contributed by atoms with Crippen LogP contribution < -0.4 is 10.6 Å². The molecule has 0 aliphatic heterocycles. The number of benzene rings is 1. The fourth-order valence-corrected chi connectivity index (χ4v) is 1.50. The van der Waals surface area contributed by atoms with Crippen LogP contribution in [0.2, 0.25) is 0 Å². The Bertz CT molecular complexity index is 450. The first kappa shape index (κ1) is 15.9. The van der Waals surface area contributed by atoms with E-state index in [0.717, 1.165) is 0 Å². The molecule has 0 saturated carbocycles. The summed E-state index contributed by atoms with van der Waals surface area (Å²) in [6.45, 7) is 0.223. The molecule has 7 heteroatoms. The van der Waals surface area contributed by atoms with Crippen LogP contribution in [0.5, 0.6) is 0 Å². The van der Waals surface area contributed by atoms with Crippen LogP contribution in [0.3, 0.4) is 0 Å². The average molecular weight is 284 g/mol. The van der Waals surface area contributed by atoms with Gasteiger partial charge in [0.25, 0.3) is 0 Å². The molecule has 0 aromatic heterocycles. The molecule has 0 heterocycles. The summed E-state index contributed by atoms with van der Waals surface area (Å²) in [5.74, 6) is -1.32. The minimum Gasteiger partial charge on any atom is -0.481 e. The SMILES string of the molecule is O=C(O)CCCNC(=O)NC[C@@H](O)c1ccc(F)cc1. The van der Waals surface area contributed by atoms with E-state index < -0.39 is 23.9 Å². The van der Waals surface area contributed by atoms with Crippen LogP contribution in [0.4, 0.5) is 9.18 Å². The molecule has 110 valence electrons. The lowest BCUT2D eigenvalue weighted by atomic mass is 10.1. The number of carbonyl (C=O) groups is 2. The number of amides is 2. The summed E-state index contributed by atoms with van der Waals surface area (Å²) in [6.07, 6.45) is -0.609. The molecule has 1 rings (SSSR count). The topological polar surface area (TPSA) is 98.7 Å². The van der Waals surface area contributed by atoms with Crippen molar-refractivity contribution < 1.29 is 24.2 Å². The molecule has 4 N–H and O–H groups in total. The molecule has 0 unspecified atom stereocenters. The maximum atomic E-state index is 12.7. The van der Waals surface area contributed by atoms with Gasteiger partial charge in [-0.05, 0) is 24.1 Å². The third kappa shape index (κ3) is 6.14. The monoisotopic (exact) mass is 284 g/mol. The smallest absolute Gasteiger partial charge is 0.314 e. The van der Waals surface area contributed by atoms with E-state index >= 15 is 0 Å². The minimum absolute atomic E-state index is 0.0154. The normalized spacial score (nSPS) is 11.7. The van der Waals surface area contributed by atoms with Crippen molar-refractivity contribution in [3.8, 4) is 0 Å². The van der Waals surface area contributed by atoms with E-state index in [-0.39, 0.29) is 19.5 Å². The van der Waals surface area contributed by atoms with Crippen molar-refractivity contribution in [1.29, 1.82) is 0 Å². The van der Waals surface area contributed by atoms with Gasteiger partial charge in [0.15, 0.2) is 0 Å². The fraction of sp³-hybridized carbons (Fsp3) is 0.385. The summed E-state index contributed by atoms with van der Waals surface area (Å²) >= 11 is 0. The lowest BCUT2D eigenvalue weighted by molar-refractivity contribution is -0.137. The largest absolute Gasteiger partial charge is 0.481 e. The molecule has 0 fully saturated rings. The van der Waals surface area contributed by atoms with Gasteiger partial charge in [-0.3, -0.25) is 4.79 Å². The van der Waals surface area contributed by atoms with Crippen LogP contribution in [0.15, 0.2) is 24.3 Å². The number of aliphatic hydroxyl groups excluding tert-OH is 1. The van der Waals surface area contributed by atoms with Gasteiger partial charge in [0.1, 0.15) is 5.82 Å². The number of urea groups is 1. The number of carboxylic acid groups (broad SMARTS) is 1. The van der Waals surface area contributed by atoms with Gasteiger partial charge in [-0.25, -0.2) is 9.18 Å². The highest BCUT2D eigenvalue weighted by molar-refractivity contribution is 5.74. The zero-order valence-corrected chi connectivity index (χ0v) is 10.8. The number of carboxylic acids is 1. The number of hydrogen-bond donors (Lipinski definition) is 4. The maximum absolute atomic E-state index is 12.7. The highest BCUT2D eigenvalue weighted by Crippen LogP contribution is 2.12. The molecular weight excluding hydrogens is 267 g/mol. The van der Waals surface area contributed by atoms with E-state index in [1.54, 1.807) is 0 Å². The predicted octanol–water partition coefficient (Wildman–Crippen LogP) is 1.02. The van der Waals surface area contributed by atoms with E-state index in [2.05, 4.69) is 10.6 Å². The van der Waals surface area contributed by atoms with Crippen molar-refractivity contribution in [3.63, 3.8) is 0 Å². The van der Waals surface area contributed by atoms with Gasteiger partial charge in [-0.1, -0.05) is 12.1 Å². The van der Waals surface area contributed by atoms with Gasteiger partial charge >= 0.3 is 12.0 Å². The van der Waals surface area contributed by atoms with Gasteiger partial charge in [0.05, 0.1) is 6.10 Å². The van der Waals surface area contributed by atoms with E-state index in [1.807, 2.05) is 0 Å². The number of carbonyl (C=O) groups excluding carboxylic acids is 1. The lowest BCUT2D eigenvalue weighted by Gasteiger charge is -2.12. The van der Waals surface area contributed by atoms with Crippen molar-refractivity contribution in [2.75, 3.05) is 13.1 Å². The van der Waals surface area contributed by atoms with Gasteiger partial charge < -0.3 is 20.8 Å². The second-order valence-electron chi connectivity index (χ2n) is 4.20. The molecule has 20 heavy (non-hydrogen) atoms. The number of hydrogen-bond acceptors (Lipinski definition) is 3. The van der Waals surface area contributed by atoms with Crippen molar-refractivity contribution in [2.24, 2.45) is 0 Å². The zero-order chi connectivity index (χ0) is 15.0. The van der Waals surface area contributed by atoms with E-state index in [9.17, 15) is 19.1 Å². The fourth-order valence-electron chi connectivity index (χ4n) is 1.50. The first-order valence-corrected chi connectivity index (χ1v) is 6.16. The van der Waals surface area contributed by atoms with Crippen molar-refractivity contribution >= 4 is 12.0 Å². The number of rotatable bonds is 7. The minimum atomic E-state index is -0.930. The van der Waals surface area contributed by atoms with E-state index in [0.29, 0.717) is 12.0 Å². The first-order valence-electron chi connectivity index (χ1n) is 6.16. The van der Waals surface area contributed by atoms with E-state index in [1.165, 1.54) is 24.3 Å². The van der Waals surface area contributed by atoms with Crippen LogP contribution in [0.1, 0.15) is 24.5 Å². The molecule has 0 spiro atoms. The first-order chi connectivity index (χ1) is 9.49. The molecule has 1 atom stereocenters. The Labute approximate surface area is 115 Å².